The van der Waals surface area contributed by atoms with Gasteiger partial charge in [-0.05, 0) is 36.9 Å². The number of nitrogens with two attached hydrogens (primary N) is 2. The van der Waals surface area contributed by atoms with Crippen LogP contribution >= 0.6 is 24.4 Å². The number of nitrogens with one attached hydrogen (secondary N) is 2. The third kappa shape index (κ3) is 6.21. The molecular weight excluding hydrogens is 292 g/mol. The lowest BCUT2D eigenvalue weighted by Crippen LogP contribution is -2.27. The van der Waals surface area contributed by atoms with Gasteiger partial charge in [0.15, 0.2) is 10.2 Å². The third-order valence-corrected chi connectivity index (χ3v) is 2.37. The number of hydrogen-bond donors (Lipinski definition) is 4. The van der Waals surface area contributed by atoms with Crippen molar-refractivity contribution in [2.45, 2.75) is 13.3 Å². The van der Waals surface area contributed by atoms with Crippen LogP contribution in [0.5, 0.6) is 0 Å². The Hall–Kier alpha value is -2.06. The summed E-state index contributed by atoms with van der Waals surface area (Å²) in [5.74, 6) is 0. The van der Waals surface area contributed by atoms with E-state index in [9.17, 15) is 0 Å². The summed E-state index contributed by atoms with van der Waals surface area (Å²) < 4.78 is 0. The lowest BCUT2D eigenvalue weighted by Gasteiger charge is -2.07. The van der Waals surface area contributed by atoms with E-state index >= 15 is 0 Å². The van der Waals surface area contributed by atoms with Crippen LogP contribution in [0.2, 0.25) is 0 Å². The summed E-state index contributed by atoms with van der Waals surface area (Å²) in [6, 6.07) is 9.65. The van der Waals surface area contributed by atoms with Crippen LogP contribution in [0.4, 0.5) is 0 Å². The van der Waals surface area contributed by atoms with Crippen molar-refractivity contribution in [3.63, 3.8) is 0 Å². The monoisotopic (exact) mass is 308 g/mol. The summed E-state index contributed by atoms with van der Waals surface area (Å²) in [7, 11) is 0. The van der Waals surface area contributed by atoms with Crippen LogP contribution in [0.15, 0.2) is 40.5 Å². The second-order valence-corrected chi connectivity index (χ2v) is 4.78. The molecule has 1 rings (SSSR count). The van der Waals surface area contributed by atoms with Crippen molar-refractivity contribution < 1.29 is 0 Å². The Morgan fingerprint density at radius 1 is 1.05 bits per heavy atom. The molecule has 0 saturated heterocycles. The minimum Gasteiger partial charge on any atom is -0.375 e. The molecule has 0 unspecified atom stereocenters. The van der Waals surface area contributed by atoms with Crippen molar-refractivity contribution in [2.24, 2.45) is 21.7 Å². The molecule has 0 aromatic heterocycles. The van der Waals surface area contributed by atoms with E-state index in [1.807, 2.05) is 37.3 Å². The third-order valence-electron chi connectivity index (χ3n) is 2.19. The van der Waals surface area contributed by atoms with Gasteiger partial charge in [0.2, 0.25) is 0 Å². The van der Waals surface area contributed by atoms with Crippen molar-refractivity contribution in [3.8, 4) is 0 Å². The Balaban J connectivity index is 2.89. The molecule has 1 aromatic carbocycles. The number of benzene rings is 1. The van der Waals surface area contributed by atoms with Crippen molar-refractivity contribution in [3.05, 3.63) is 35.9 Å². The maximum absolute atomic E-state index is 5.39. The Morgan fingerprint density at radius 2 is 1.60 bits per heavy atom. The SMILES string of the molecule is CC(CC(=NNC(N)=S)c1ccccc1)=NNC(N)=S. The van der Waals surface area contributed by atoms with Crippen LogP contribution in [-0.2, 0) is 0 Å². The molecule has 0 bridgehead atoms. The lowest BCUT2D eigenvalue weighted by atomic mass is 10.1. The largest absolute Gasteiger partial charge is 0.375 e. The summed E-state index contributed by atoms with van der Waals surface area (Å²) >= 11 is 9.44. The zero-order valence-corrected chi connectivity index (χ0v) is 12.6. The Kier molecular flexibility index (Phi) is 6.54. The zero-order chi connectivity index (χ0) is 15.0. The molecule has 0 atom stereocenters. The number of hydrogen-bond acceptors (Lipinski definition) is 4. The molecule has 0 heterocycles. The molecule has 8 heteroatoms. The predicted octanol–water partition coefficient (Wildman–Crippen LogP) is 0.823. The number of rotatable bonds is 5. The molecule has 0 aliphatic rings. The van der Waals surface area contributed by atoms with Crippen LogP contribution in [0, 0.1) is 0 Å². The summed E-state index contributed by atoms with van der Waals surface area (Å²) in [5.41, 5.74) is 18.3. The molecule has 1 aromatic rings. The first kappa shape index (κ1) is 16.0. The van der Waals surface area contributed by atoms with Gasteiger partial charge in [0.25, 0.3) is 0 Å². The van der Waals surface area contributed by atoms with Gasteiger partial charge in [-0.15, -0.1) is 0 Å². The van der Waals surface area contributed by atoms with Crippen molar-refractivity contribution >= 4 is 46.1 Å². The summed E-state index contributed by atoms with van der Waals surface area (Å²) in [6.45, 7) is 1.84. The summed E-state index contributed by atoms with van der Waals surface area (Å²) in [5, 5.41) is 8.45. The summed E-state index contributed by atoms with van der Waals surface area (Å²) in [6.07, 6.45) is 0.495. The van der Waals surface area contributed by atoms with Crippen LogP contribution < -0.4 is 22.3 Å². The standard InChI is InChI=1S/C12H16N6S2/c1-8(15-17-11(13)19)7-10(16-18-12(14)20)9-5-3-2-4-6-9/h2-6H,7H2,1H3,(H3,13,17,19)(H3,14,18,20). The molecule has 6 N–H and O–H groups in total. The molecule has 0 radical (unpaired) electrons. The van der Waals surface area contributed by atoms with Crippen molar-refractivity contribution in [1.29, 1.82) is 0 Å². The maximum atomic E-state index is 5.39. The van der Waals surface area contributed by atoms with E-state index in [4.69, 9.17) is 23.7 Å². The van der Waals surface area contributed by atoms with E-state index in [1.165, 1.54) is 0 Å². The molecule has 0 saturated carbocycles. The predicted molar refractivity (Wildman–Crippen MR) is 90.5 cm³/mol. The highest BCUT2D eigenvalue weighted by Gasteiger charge is 2.06. The second kappa shape index (κ2) is 8.18. The zero-order valence-electron chi connectivity index (χ0n) is 11.0. The molecule has 0 spiro atoms. The molecule has 0 aliphatic carbocycles. The van der Waals surface area contributed by atoms with Gasteiger partial charge in [-0.3, -0.25) is 10.9 Å². The molecule has 0 fully saturated rings. The molecule has 0 amide bonds. The average molecular weight is 308 g/mol. The van der Waals surface area contributed by atoms with Gasteiger partial charge in [0.1, 0.15) is 0 Å². The van der Waals surface area contributed by atoms with E-state index < -0.39 is 0 Å². The van der Waals surface area contributed by atoms with Crippen LogP contribution in [0.1, 0.15) is 18.9 Å². The van der Waals surface area contributed by atoms with Gasteiger partial charge < -0.3 is 11.5 Å². The number of thiocarbonyl (C=S) groups is 2. The highest BCUT2D eigenvalue weighted by Crippen LogP contribution is 2.05. The fourth-order valence-electron chi connectivity index (χ4n) is 1.39. The quantitative estimate of drug-likeness (QED) is 0.365. The van der Waals surface area contributed by atoms with Gasteiger partial charge in [-0.25, -0.2) is 0 Å². The van der Waals surface area contributed by atoms with E-state index in [0.717, 1.165) is 17.0 Å². The fraction of sp³-hybridized carbons (Fsp3) is 0.167. The highest BCUT2D eigenvalue weighted by molar-refractivity contribution is 7.80. The van der Waals surface area contributed by atoms with E-state index in [2.05, 4.69) is 33.3 Å². The summed E-state index contributed by atoms with van der Waals surface area (Å²) in [4.78, 5) is 0. The normalized spacial score (nSPS) is 11.8. The Labute approximate surface area is 128 Å². The molecule has 0 aliphatic heterocycles. The smallest absolute Gasteiger partial charge is 0.184 e. The topological polar surface area (TPSA) is 101 Å². The van der Waals surface area contributed by atoms with Crippen molar-refractivity contribution in [2.75, 3.05) is 0 Å². The first-order valence-corrected chi connectivity index (χ1v) is 6.56. The number of hydrazone groups is 2. The first-order chi connectivity index (χ1) is 9.49. The van der Waals surface area contributed by atoms with Gasteiger partial charge in [-0.2, -0.15) is 10.2 Å². The van der Waals surface area contributed by atoms with E-state index in [1.54, 1.807) is 0 Å². The maximum Gasteiger partial charge on any atom is 0.184 e. The van der Waals surface area contributed by atoms with Gasteiger partial charge in [0, 0.05) is 12.1 Å². The molecule has 106 valence electrons. The van der Waals surface area contributed by atoms with Gasteiger partial charge >= 0.3 is 0 Å². The fourth-order valence-corrected chi connectivity index (χ4v) is 1.48. The minimum atomic E-state index is 0.106. The van der Waals surface area contributed by atoms with Gasteiger partial charge in [-0.1, -0.05) is 30.3 Å². The average Bonchev–Trinajstić information content (AvgIpc) is 2.42. The molecular formula is C12H16N6S2. The second-order valence-electron chi connectivity index (χ2n) is 3.90. The Bertz CT molecular complexity index is 538. The lowest BCUT2D eigenvalue weighted by molar-refractivity contribution is 1.01. The van der Waals surface area contributed by atoms with E-state index in [-0.39, 0.29) is 10.2 Å². The van der Waals surface area contributed by atoms with Crippen molar-refractivity contribution in [1.82, 2.24) is 10.9 Å². The molecule has 6 nitrogen and oxygen atoms in total. The number of nitrogens with zero attached hydrogens (tertiary/aromatic N) is 2. The van der Waals surface area contributed by atoms with Crippen LogP contribution in [-0.4, -0.2) is 21.6 Å². The van der Waals surface area contributed by atoms with Crippen LogP contribution in [0.25, 0.3) is 0 Å². The van der Waals surface area contributed by atoms with Crippen LogP contribution in [0.3, 0.4) is 0 Å². The highest BCUT2D eigenvalue weighted by atomic mass is 32.1. The minimum absolute atomic E-state index is 0.106. The first-order valence-electron chi connectivity index (χ1n) is 5.75. The molecule has 20 heavy (non-hydrogen) atoms. The Morgan fingerprint density at radius 3 is 2.15 bits per heavy atom. The van der Waals surface area contributed by atoms with E-state index in [0.29, 0.717) is 6.42 Å². The van der Waals surface area contributed by atoms with Gasteiger partial charge in [0.05, 0.1) is 5.71 Å².